The lowest BCUT2D eigenvalue weighted by atomic mass is 9.86. The Morgan fingerprint density at radius 1 is 0.893 bits per heavy atom. The molecule has 2 aliphatic rings. The second kappa shape index (κ2) is 9.17. The molecule has 0 amide bonds. The molecular formula is C23H38N2O2S. The van der Waals surface area contributed by atoms with Crippen molar-refractivity contribution >= 4 is 15.5 Å². The van der Waals surface area contributed by atoms with Crippen molar-refractivity contribution in [2.45, 2.75) is 63.5 Å². The van der Waals surface area contributed by atoms with E-state index in [1.807, 2.05) is 12.1 Å². The normalized spacial score (nSPS) is 21.0. The molecule has 5 heteroatoms. The molecule has 0 radical (unpaired) electrons. The summed E-state index contributed by atoms with van der Waals surface area (Å²) in [5.74, 6) is 2.54. The molecule has 3 rings (SSSR count). The monoisotopic (exact) mass is 406 g/mol. The van der Waals surface area contributed by atoms with E-state index in [1.54, 1.807) is 26.0 Å². The van der Waals surface area contributed by atoms with Crippen LogP contribution in [0.5, 0.6) is 0 Å². The standard InChI is InChI=1S/C23H38N2O2S/c1-18(2)21-11-13-24(14-12-21)17-20-9-15-25(16-10-20)22-5-7-23(8-6-22)28(26,27)19(3)4/h5-8,18-21H,9-17H2,1-4H3. The van der Waals surface area contributed by atoms with Crippen LogP contribution in [0.1, 0.15) is 53.4 Å². The largest absolute Gasteiger partial charge is 0.372 e. The molecule has 28 heavy (non-hydrogen) atoms. The van der Waals surface area contributed by atoms with Crippen LogP contribution in [0.2, 0.25) is 0 Å². The number of anilines is 1. The molecule has 1 aromatic rings. The van der Waals surface area contributed by atoms with Gasteiger partial charge in [-0.15, -0.1) is 0 Å². The number of hydrogen-bond donors (Lipinski definition) is 0. The van der Waals surface area contributed by atoms with Crippen molar-refractivity contribution in [3.63, 3.8) is 0 Å². The summed E-state index contributed by atoms with van der Waals surface area (Å²) < 4.78 is 24.6. The number of likely N-dealkylation sites (tertiary alicyclic amines) is 1. The lowest BCUT2D eigenvalue weighted by Gasteiger charge is -2.39. The van der Waals surface area contributed by atoms with Crippen LogP contribution in [0.3, 0.4) is 0 Å². The highest BCUT2D eigenvalue weighted by atomic mass is 32.2. The van der Waals surface area contributed by atoms with Crippen molar-refractivity contribution in [1.82, 2.24) is 4.90 Å². The van der Waals surface area contributed by atoms with Gasteiger partial charge >= 0.3 is 0 Å². The van der Waals surface area contributed by atoms with Crippen LogP contribution in [0.25, 0.3) is 0 Å². The SMILES string of the molecule is CC(C)C1CCN(CC2CCN(c3ccc(S(=O)(=O)C(C)C)cc3)CC2)CC1. The van der Waals surface area contributed by atoms with E-state index in [1.165, 1.54) is 45.3 Å². The zero-order valence-corrected chi connectivity index (χ0v) is 18.9. The molecule has 1 aromatic carbocycles. The first-order chi connectivity index (χ1) is 13.3. The van der Waals surface area contributed by atoms with Crippen LogP contribution < -0.4 is 4.90 Å². The van der Waals surface area contributed by atoms with Gasteiger partial charge in [-0.25, -0.2) is 8.42 Å². The zero-order valence-electron chi connectivity index (χ0n) is 18.1. The van der Waals surface area contributed by atoms with Gasteiger partial charge in [-0.3, -0.25) is 0 Å². The van der Waals surface area contributed by atoms with Gasteiger partial charge in [-0.2, -0.15) is 0 Å². The molecular weight excluding hydrogens is 368 g/mol. The lowest BCUT2D eigenvalue weighted by Crippen LogP contribution is -2.42. The number of rotatable bonds is 6. The fraction of sp³-hybridized carbons (Fsp3) is 0.739. The van der Waals surface area contributed by atoms with Gasteiger partial charge in [0.1, 0.15) is 0 Å². The number of sulfone groups is 1. The second-order valence-corrected chi connectivity index (χ2v) is 11.9. The molecule has 4 nitrogen and oxygen atoms in total. The van der Waals surface area contributed by atoms with Gasteiger partial charge in [-0.1, -0.05) is 13.8 Å². The van der Waals surface area contributed by atoms with Crippen LogP contribution in [0.4, 0.5) is 5.69 Å². The van der Waals surface area contributed by atoms with Gasteiger partial charge in [0.05, 0.1) is 10.1 Å². The maximum atomic E-state index is 12.3. The highest BCUT2D eigenvalue weighted by molar-refractivity contribution is 7.92. The van der Waals surface area contributed by atoms with Crippen molar-refractivity contribution in [3.8, 4) is 0 Å². The molecule has 158 valence electrons. The molecule has 0 atom stereocenters. The van der Waals surface area contributed by atoms with Crippen molar-refractivity contribution in [3.05, 3.63) is 24.3 Å². The maximum absolute atomic E-state index is 12.3. The predicted octanol–water partition coefficient (Wildman–Crippen LogP) is 4.45. The molecule has 0 saturated carbocycles. The van der Waals surface area contributed by atoms with Gasteiger partial charge in [-0.05, 0) is 94.6 Å². The Morgan fingerprint density at radius 2 is 1.46 bits per heavy atom. The molecule has 0 aromatic heterocycles. The fourth-order valence-electron chi connectivity index (χ4n) is 4.66. The average Bonchev–Trinajstić information content (AvgIpc) is 2.69. The van der Waals surface area contributed by atoms with Crippen molar-refractivity contribution in [2.24, 2.45) is 17.8 Å². The van der Waals surface area contributed by atoms with E-state index in [0.717, 1.165) is 36.5 Å². The summed E-state index contributed by atoms with van der Waals surface area (Å²) in [4.78, 5) is 5.53. The average molecular weight is 407 g/mol. The molecule has 0 aliphatic carbocycles. The second-order valence-electron chi connectivity index (χ2n) is 9.40. The Kier molecular flexibility index (Phi) is 7.08. The summed E-state index contributed by atoms with van der Waals surface area (Å²) >= 11 is 0. The number of piperidine rings is 2. The van der Waals surface area contributed by atoms with Gasteiger partial charge in [0.25, 0.3) is 0 Å². The molecule has 0 spiro atoms. The number of nitrogens with zero attached hydrogens (tertiary/aromatic N) is 2. The van der Waals surface area contributed by atoms with Crippen molar-refractivity contribution < 1.29 is 8.42 Å². The van der Waals surface area contributed by atoms with Gasteiger partial charge in [0.15, 0.2) is 9.84 Å². The molecule has 0 bridgehead atoms. The first-order valence-electron chi connectivity index (χ1n) is 11.1. The predicted molar refractivity (Wildman–Crippen MR) is 118 cm³/mol. The smallest absolute Gasteiger partial charge is 0.180 e. The molecule has 2 fully saturated rings. The van der Waals surface area contributed by atoms with E-state index in [2.05, 4.69) is 23.6 Å². The third-order valence-electron chi connectivity index (χ3n) is 6.86. The van der Waals surface area contributed by atoms with E-state index in [9.17, 15) is 8.42 Å². The Hall–Kier alpha value is -1.07. The van der Waals surface area contributed by atoms with Crippen LogP contribution in [-0.4, -0.2) is 51.3 Å². The van der Waals surface area contributed by atoms with Gasteiger partial charge in [0, 0.05) is 25.3 Å². The summed E-state index contributed by atoms with van der Waals surface area (Å²) in [6.07, 6.45) is 5.19. The summed E-state index contributed by atoms with van der Waals surface area (Å²) in [5.41, 5.74) is 1.15. The minimum atomic E-state index is -3.18. The number of hydrogen-bond acceptors (Lipinski definition) is 4. The summed E-state index contributed by atoms with van der Waals surface area (Å²) in [7, 11) is -3.18. The van der Waals surface area contributed by atoms with Crippen molar-refractivity contribution in [2.75, 3.05) is 37.6 Å². The molecule has 0 unspecified atom stereocenters. The van der Waals surface area contributed by atoms with E-state index in [4.69, 9.17) is 0 Å². The lowest BCUT2D eigenvalue weighted by molar-refractivity contribution is 0.132. The quantitative estimate of drug-likeness (QED) is 0.700. The fourth-order valence-corrected chi connectivity index (χ4v) is 5.72. The summed E-state index contributed by atoms with van der Waals surface area (Å²) in [5, 5.41) is -0.375. The van der Waals surface area contributed by atoms with E-state index >= 15 is 0 Å². The Bertz CT molecular complexity index is 711. The topological polar surface area (TPSA) is 40.6 Å². The third-order valence-corrected chi connectivity index (χ3v) is 9.03. The minimum Gasteiger partial charge on any atom is -0.372 e. The van der Waals surface area contributed by atoms with Crippen LogP contribution in [0.15, 0.2) is 29.2 Å². The molecule has 2 aliphatic heterocycles. The first-order valence-corrected chi connectivity index (χ1v) is 12.6. The molecule has 2 heterocycles. The van der Waals surface area contributed by atoms with Crippen LogP contribution >= 0.6 is 0 Å². The van der Waals surface area contributed by atoms with Crippen molar-refractivity contribution in [1.29, 1.82) is 0 Å². The first kappa shape index (κ1) is 21.6. The Morgan fingerprint density at radius 3 is 1.96 bits per heavy atom. The van der Waals surface area contributed by atoms with E-state index in [0.29, 0.717) is 4.90 Å². The zero-order chi connectivity index (χ0) is 20.3. The summed E-state index contributed by atoms with van der Waals surface area (Å²) in [6, 6.07) is 7.50. The van der Waals surface area contributed by atoms with Gasteiger partial charge < -0.3 is 9.80 Å². The Labute approximate surface area is 172 Å². The van der Waals surface area contributed by atoms with E-state index in [-0.39, 0.29) is 5.25 Å². The Balaban J connectivity index is 1.48. The van der Waals surface area contributed by atoms with E-state index < -0.39 is 9.84 Å². The highest BCUT2D eigenvalue weighted by Crippen LogP contribution is 2.28. The van der Waals surface area contributed by atoms with Crippen LogP contribution in [0, 0.1) is 17.8 Å². The number of benzene rings is 1. The highest BCUT2D eigenvalue weighted by Gasteiger charge is 2.26. The maximum Gasteiger partial charge on any atom is 0.180 e. The minimum absolute atomic E-state index is 0.375. The third kappa shape index (κ3) is 5.10. The van der Waals surface area contributed by atoms with Gasteiger partial charge in [0.2, 0.25) is 0 Å². The summed E-state index contributed by atoms with van der Waals surface area (Å²) in [6.45, 7) is 14.1. The van der Waals surface area contributed by atoms with Crippen LogP contribution in [-0.2, 0) is 9.84 Å². The molecule has 0 N–H and O–H groups in total. The molecule has 2 saturated heterocycles.